The number of piperidine rings is 6. The van der Waals surface area contributed by atoms with E-state index in [2.05, 4.69) is 19.8 Å². The monoisotopic (exact) mass is 748 g/mol. The molecule has 10 heteroatoms. The number of esters is 2. The Morgan fingerprint density at radius 3 is 1.34 bits per heavy atom. The molecule has 6 aliphatic rings. The van der Waals surface area contributed by atoms with Gasteiger partial charge in [-0.15, -0.1) is 0 Å². The highest BCUT2D eigenvalue weighted by Crippen LogP contribution is 2.39. The van der Waals surface area contributed by atoms with Crippen molar-refractivity contribution in [3.63, 3.8) is 0 Å². The number of fused-ring (bicyclic) bond motifs is 8. The Bertz CT molecular complexity index is 2250. The largest absolute Gasteiger partial charge is 0.489 e. The fourth-order valence-corrected chi connectivity index (χ4v) is 9.23. The zero-order valence-electron chi connectivity index (χ0n) is 31.1. The highest BCUT2D eigenvalue weighted by atomic mass is 16.5. The first-order chi connectivity index (χ1) is 27.5. The van der Waals surface area contributed by atoms with Gasteiger partial charge in [0.15, 0.2) is 11.5 Å². The number of carbonyl (C=O) groups excluding carboxylic acids is 2. The molecule has 2 atom stereocenters. The van der Waals surface area contributed by atoms with E-state index in [1.807, 2.05) is 84.9 Å². The van der Waals surface area contributed by atoms with Gasteiger partial charge in [0.2, 0.25) is 0 Å². The van der Waals surface area contributed by atoms with Crippen LogP contribution in [0.15, 0.2) is 109 Å². The van der Waals surface area contributed by atoms with E-state index in [-0.39, 0.29) is 12.2 Å². The van der Waals surface area contributed by atoms with Crippen LogP contribution in [0.1, 0.15) is 25.7 Å². The molecule has 6 saturated heterocycles. The van der Waals surface area contributed by atoms with Crippen LogP contribution >= 0.6 is 0 Å². The molecule has 6 aromatic rings. The van der Waals surface area contributed by atoms with Crippen LogP contribution in [0.25, 0.3) is 44.1 Å². The number of hydrogen-bond donors (Lipinski definition) is 2. The second-order valence-electron chi connectivity index (χ2n) is 15.6. The summed E-state index contributed by atoms with van der Waals surface area (Å²) in [7, 11) is 0. The molecule has 284 valence electrons. The van der Waals surface area contributed by atoms with Crippen LogP contribution < -0.4 is 18.9 Å². The van der Waals surface area contributed by atoms with Crippen molar-refractivity contribution in [3.05, 3.63) is 109 Å². The first-order valence-corrected chi connectivity index (χ1v) is 19.8. The fraction of sp³-hybridized carbons (Fsp3) is 0.304. The Kier molecular flexibility index (Phi) is 9.07. The molecular formula is C46H44N4O6. The minimum Gasteiger partial charge on any atom is -0.489 e. The van der Waals surface area contributed by atoms with Crippen molar-refractivity contribution in [1.82, 2.24) is 19.8 Å². The van der Waals surface area contributed by atoms with E-state index >= 15 is 0 Å². The zero-order chi connectivity index (χ0) is 37.6. The van der Waals surface area contributed by atoms with Crippen molar-refractivity contribution in [2.45, 2.75) is 37.9 Å². The second kappa shape index (κ2) is 14.7. The highest BCUT2D eigenvalue weighted by Gasteiger charge is 2.36. The van der Waals surface area contributed by atoms with E-state index in [0.29, 0.717) is 23.3 Å². The van der Waals surface area contributed by atoms with Crippen LogP contribution in [0.4, 0.5) is 0 Å². The van der Waals surface area contributed by atoms with Crippen molar-refractivity contribution in [1.29, 1.82) is 0 Å². The second-order valence-corrected chi connectivity index (χ2v) is 15.6. The lowest BCUT2D eigenvalue weighted by molar-refractivity contribution is -0.131. The van der Waals surface area contributed by atoms with E-state index in [0.717, 1.165) is 80.8 Å². The minimum absolute atomic E-state index is 0.232. The maximum Gasteiger partial charge on any atom is 0.336 e. The predicted molar refractivity (Wildman–Crippen MR) is 215 cm³/mol. The number of hydrogen-bond acceptors (Lipinski definition) is 8. The number of nitrogens with zero attached hydrogens (tertiary/aromatic N) is 2. The Morgan fingerprint density at radius 2 is 0.964 bits per heavy atom. The molecule has 0 saturated carbocycles. The number of aromatic amines is 2. The Labute approximate surface area is 325 Å². The van der Waals surface area contributed by atoms with Gasteiger partial charge in [0, 0.05) is 48.7 Å². The van der Waals surface area contributed by atoms with Gasteiger partial charge in [0.1, 0.15) is 23.7 Å². The van der Waals surface area contributed by atoms with Crippen LogP contribution in [0.2, 0.25) is 0 Å². The highest BCUT2D eigenvalue weighted by molar-refractivity contribution is 6.04. The lowest BCUT2D eigenvalue weighted by atomic mass is 9.86. The lowest BCUT2D eigenvalue weighted by Crippen LogP contribution is -2.52. The molecule has 6 aliphatic heterocycles. The molecule has 10 nitrogen and oxygen atoms in total. The summed E-state index contributed by atoms with van der Waals surface area (Å²) < 4.78 is 24.4. The van der Waals surface area contributed by atoms with Crippen LogP contribution in [-0.4, -0.2) is 83.2 Å². The Morgan fingerprint density at radius 1 is 0.554 bits per heavy atom. The molecule has 4 aromatic carbocycles. The molecule has 6 fully saturated rings. The van der Waals surface area contributed by atoms with E-state index in [9.17, 15) is 9.59 Å². The number of rotatable bonds is 10. The SMILES string of the molecule is O=C(/C=C/C(=O)Oc1c[nH]c2cccc(-c3ccc(OC4CN5CCC4CC5)cc3)c12)Oc1c[nH]c2cccc(-c3ccc(OC4CN5CCC4CC5)cc3)c12. The lowest BCUT2D eigenvalue weighted by Gasteiger charge is -2.44. The predicted octanol–water partition coefficient (Wildman–Crippen LogP) is 8.00. The van der Waals surface area contributed by atoms with Crippen LogP contribution in [0, 0.1) is 11.8 Å². The molecule has 8 heterocycles. The van der Waals surface area contributed by atoms with Gasteiger partial charge in [0.25, 0.3) is 0 Å². The molecule has 4 bridgehead atoms. The molecule has 0 aliphatic carbocycles. The Hall–Kier alpha value is -5.84. The average Bonchev–Trinajstić information content (AvgIpc) is 3.85. The molecule has 2 unspecified atom stereocenters. The maximum atomic E-state index is 13.1. The number of H-pyrrole nitrogens is 2. The van der Waals surface area contributed by atoms with Gasteiger partial charge in [0.05, 0.1) is 10.8 Å². The van der Waals surface area contributed by atoms with Gasteiger partial charge >= 0.3 is 11.9 Å². The molecule has 0 spiro atoms. The van der Waals surface area contributed by atoms with E-state index in [1.165, 1.54) is 51.9 Å². The van der Waals surface area contributed by atoms with Gasteiger partial charge in [-0.3, -0.25) is 9.80 Å². The van der Waals surface area contributed by atoms with E-state index in [4.69, 9.17) is 18.9 Å². The molecule has 12 rings (SSSR count). The molecular weight excluding hydrogens is 705 g/mol. The summed E-state index contributed by atoms with van der Waals surface area (Å²) in [6.45, 7) is 6.69. The number of aromatic nitrogens is 2. The molecule has 2 N–H and O–H groups in total. The molecule has 0 radical (unpaired) electrons. The summed E-state index contributed by atoms with van der Waals surface area (Å²) in [6.07, 6.45) is 10.8. The number of benzene rings is 4. The standard InChI is InChI=1S/C46H44N4O6/c51-43(55-39-25-47-37-5-1-3-35(45(37)39)29-7-11-33(12-8-29)53-41-27-49-21-17-31(41)18-22-49)15-16-44(52)56-40-26-48-38-6-2-4-36(46(38)40)30-9-13-34(14-10-30)54-42-28-50-23-19-32(42)20-24-50/h1-16,25-26,31-32,41-42,47-48H,17-24,27-28H2/b16-15+. The number of nitrogens with one attached hydrogen (secondary N) is 2. The van der Waals surface area contributed by atoms with Crippen molar-refractivity contribution in [2.75, 3.05) is 39.3 Å². The quantitative estimate of drug-likeness (QED) is 0.107. The third kappa shape index (κ3) is 6.84. The third-order valence-electron chi connectivity index (χ3n) is 12.2. The average molecular weight is 749 g/mol. The summed E-state index contributed by atoms with van der Waals surface area (Å²) >= 11 is 0. The summed E-state index contributed by atoms with van der Waals surface area (Å²) in [5.41, 5.74) is 5.42. The van der Waals surface area contributed by atoms with E-state index < -0.39 is 11.9 Å². The molecule has 0 amide bonds. The van der Waals surface area contributed by atoms with Crippen LogP contribution in [0.5, 0.6) is 23.0 Å². The maximum absolute atomic E-state index is 13.1. The first kappa shape index (κ1) is 34.6. The normalized spacial score (nSPS) is 24.1. The zero-order valence-corrected chi connectivity index (χ0v) is 31.1. The topological polar surface area (TPSA) is 109 Å². The van der Waals surface area contributed by atoms with Gasteiger partial charge in [-0.05, 0) is 122 Å². The third-order valence-corrected chi connectivity index (χ3v) is 12.2. The summed E-state index contributed by atoms with van der Waals surface area (Å²) in [4.78, 5) is 37.5. The van der Waals surface area contributed by atoms with Crippen molar-refractivity contribution in [2.24, 2.45) is 11.8 Å². The van der Waals surface area contributed by atoms with Crippen molar-refractivity contribution >= 4 is 33.7 Å². The summed E-state index contributed by atoms with van der Waals surface area (Å²) in [6, 6.07) is 28.0. The number of carbonyl (C=O) groups is 2. The summed E-state index contributed by atoms with van der Waals surface area (Å²) in [5, 5.41) is 1.54. The van der Waals surface area contributed by atoms with Crippen LogP contribution in [0.3, 0.4) is 0 Å². The summed E-state index contributed by atoms with van der Waals surface area (Å²) in [5.74, 6) is 2.31. The van der Waals surface area contributed by atoms with Gasteiger partial charge in [-0.25, -0.2) is 9.59 Å². The first-order valence-electron chi connectivity index (χ1n) is 19.8. The van der Waals surface area contributed by atoms with Crippen molar-refractivity contribution < 1.29 is 28.5 Å². The number of ether oxygens (including phenoxy) is 4. The van der Waals surface area contributed by atoms with Crippen molar-refractivity contribution in [3.8, 4) is 45.3 Å². The fourth-order valence-electron chi connectivity index (χ4n) is 9.23. The molecule has 2 aromatic heterocycles. The van der Waals surface area contributed by atoms with Gasteiger partial charge in [-0.1, -0.05) is 48.5 Å². The van der Waals surface area contributed by atoms with Gasteiger partial charge < -0.3 is 28.9 Å². The molecule has 56 heavy (non-hydrogen) atoms. The van der Waals surface area contributed by atoms with E-state index in [1.54, 1.807) is 12.4 Å². The smallest absolute Gasteiger partial charge is 0.336 e. The minimum atomic E-state index is -0.695. The Balaban J connectivity index is 0.805. The van der Waals surface area contributed by atoms with Gasteiger partial charge in [-0.2, -0.15) is 0 Å². The van der Waals surface area contributed by atoms with Crippen LogP contribution in [-0.2, 0) is 9.59 Å².